The number of aliphatic hydroxyl groups is 1. The van der Waals surface area contributed by atoms with Crippen LogP contribution in [0.15, 0.2) is 18.2 Å². The Bertz CT molecular complexity index is 382. The topological polar surface area (TPSA) is 32.3 Å². The summed E-state index contributed by atoms with van der Waals surface area (Å²) in [7, 11) is 0. The second-order valence-corrected chi connectivity index (χ2v) is 4.93. The third-order valence-corrected chi connectivity index (χ3v) is 2.89. The van der Waals surface area contributed by atoms with E-state index in [0.29, 0.717) is 12.3 Å². The van der Waals surface area contributed by atoms with E-state index in [1.165, 1.54) is 0 Å². The summed E-state index contributed by atoms with van der Waals surface area (Å²) in [6.07, 6.45) is -0.395. The highest BCUT2D eigenvalue weighted by molar-refractivity contribution is 5.22. The number of hydrogen-bond acceptors (Lipinski definition) is 2. The molecule has 0 aliphatic heterocycles. The molecular formula is C14H21F2NO. The quantitative estimate of drug-likeness (QED) is 0.821. The van der Waals surface area contributed by atoms with Crippen LogP contribution in [-0.2, 0) is 0 Å². The molecule has 4 heteroatoms. The highest BCUT2D eigenvalue weighted by Gasteiger charge is 2.22. The van der Waals surface area contributed by atoms with Crippen molar-refractivity contribution in [3.8, 4) is 0 Å². The summed E-state index contributed by atoms with van der Waals surface area (Å²) < 4.78 is 26.7. The van der Waals surface area contributed by atoms with Gasteiger partial charge in [-0.05, 0) is 37.1 Å². The molecule has 2 unspecified atom stereocenters. The van der Waals surface area contributed by atoms with Crippen molar-refractivity contribution >= 4 is 0 Å². The fraction of sp³-hybridized carbons (Fsp3) is 0.571. The average Bonchev–Trinajstić information content (AvgIpc) is 2.32. The van der Waals surface area contributed by atoms with E-state index in [9.17, 15) is 13.9 Å². The van der Waals surface area contributed by atoms with Gasteiger partial charge in [-0.3, -0.25) is 0 Å². The minimum Gasteiger partial charge on any atom is -0.387 e. The summed E-state index contributed by atoms with van der Waals surface area (Å²) in [5, 5.41) is 13.3. The first-order chi connectivity index (χ1) is 8.45. The van der Waals surface area contributed by atoms with Gasteiger partial charge in [0.1, 0.15) is 11.6 Å². The highest BCUT2D eigenvalue weighted by Crippen LogP contribution is 2.23. The summed E-state index contributed by atoms with van der Waals surface area (Å²) in [6.45, 7) is 6.73. The van der Waals surface area contributed by atoms with Gasteiger partial charge >= 0.3 is 0 Å². The van der Waals surface area contributed by atoms with Gasteiger partial charge in [0.05, 0.1) is 6.10 Å². The van der Waals surface area contributed by atoms with E-state index in [4.69, 9.17) is 0 Å². The molecule has 2 N–H and O–H groups in total. The molecule has 0 radical (unpaired) electrons. The fourth-order valence-corrected chi connectivity index (χ4v) is 1.82. The second-order valence-electron chi connectivity index (χ2n) is 4.93. The van der Waals surface area contributed by atoms with Gasteiger partial charge in [0.25, 0.3) is 0 Å². The molecule has 0 saturated heterocycles. The lowest BCUT2D eigenvalue weighted by Gasteiger charge is -2.24. The van der Waals surface area contributed by atoms with E-state index in [-0.39, 0.29) is 11.6 Å². The van der Waals surface area contributed by atoms with Crippen molar-refractivity contribution in [1.29, 1.82) is 0 Å². The minimum absolute atomic E-state index is 0.0121. The largest absolute Gasteiger partial charge is 0.387 e. The molecule has 18 heavy (non-hydrogen) atoms. The molecule has 0 aromatic heterocycles. The standard InChI is InChI=1S/C14H21F2NO/c1-4-13(17-8-9(2)3)14(18)11-7-10(15)5-6-12(11)16/h5-7,9,13-14,17-18H,4,8H2,1-3H3. The van der Waals surface area contributed by atoms with Gasteiger partial charge in [-0.2, -0.15) is 0 Å². The molecule has 2 atom stereocenters. The first kappa shape index (κ1) is 15.1. The normalized spacial score (nSPS) is 14.8. The van der Waals surface area contributed by atoms with E-state index in [1.54, 1.807) is 0 Å². The molecule has 0 bridgehead atoms. The number of rotatable bonds is 6. The van der Waals surface area contributed by atoms with Crippen LogP contribution < -0.4 is 5.32 Å². The van der Waals surface area contributed by atoms with E-state index >= 15 is 0 Å². The van der Waals surface area contributed by atoms with Gasteiger partial charge in [-0.15, -0.1) is 0 Å². The number of benzene rings is 1. The predicted octanol–water partition coefficient (Wildman–Crippen LogP) is 3.02. The summed E-state index contributed by atoms with van der Waals surface area (Å²) in [5.74, 6) is -0.679. The zero-order chi connectivity index (χ0) is 13.7. The maximum Gasteiger partial charge on any atom is 0.129 e. The van der Waals surface area contributed by atoms with Crippen LogP contribution in [0.4, 0.5) is 8.78 Å². The van der Waals surface area contributed by atoms with Gasteiger partial charge in [-0.1, -0.05) is 20.8 Å². The Morgan fingerprint density at radius 2 is 1.94 bits per heavy atom. The van der Waals surface area contributed by atoms with Gasteiger partial charge < -0.3 is 10.4 Å². The van der Waals surface area contributed by atoms with Crippen LogP contribution >= 0.6 is 0 Å². The molecule has 1 rings (SSSR count). The summed E-state index contributed by atoms with van der Waals surface area (Å²) in [6, 6.07) is 2.88. The van der Waals surface area contributed by atoms with Gasteiger partial charge in [0, 0.05) is 11.6 Å². The van der Waals surface area contributed by atoms with Gasteiger partial charge in [0.15, 0.2) is 0 Å². The first-order valence-corrected chi connectivity index (χ1v) is 6.32. The molecule has 0 spiro atoms. The fourth-order valence-electron chi connectivity index (χ4n) is 1.82. The number of aliphatic hydroxyl groups excluding tert-OH is 1. The van der Waals surface area contributed by atoms with E-state index in [1.807, 2.05) is 6.92 Å². The molecule has 0 amide bonds. The number of halogens is 2. The van der Waals surface area contributed by atoms with Crippen LogP contribution in [-0.4, -0.2) is 17.7 Å². The maximum absolute atomic E-state index is 13.6. The molecule has 1 aromatic rings. The minimum atomic E-state index is -1.04. The lowest BCUT2D eigenvalue weighted by Crippen LogP contribution is -2.37. The molecule has 0 aliphatic rings. The Kier molecular flexibility index (Phi) is 5.69. The van der Waals surface area contributed by atoms with Crippen molar-refractivity contribution in [2.45, 2.75) is 39.3 Å². The van der Waals surface area contributed by atoms with E-state index < -0.39 is 17.7 Å². The molecule has 102 valence electrons. The van der Waals surface area contributed by atoms with Crippen molar-refractivity contribution in [1.82, 2.24) is 5.32 Å². The summed E-state index contributed by atoms with van der Waals surface area (Å²) >= 11 is 0. The van der Waals surface area contributed by atoms with Crippen molar-refractivity contribution in [2.24, 2.45) is 5.92 Å². The summed E-state index contributed by atoms with van der Waals surface area (Å²) in [4.78, 5) is 0. The van der Waals surface area contributed by atoms with E-state index in [0.717, 1.165) is 24.7 Å². The van der Waals surface area contributed by atoms with Crippen LogP contribution in [0.3, 0.4) is 0 Å². The Labute approximate surface area is 107 Å². The predicted molar refractivity (Wildman–Crippen MR) is 68.2 cm³/mol. The monoisotopic (exact) mass is 257 g/mol. The zero-order valence-electron chi connectivity index (χ0n) is 11.1. The van der Waals surface area contributed by atoms with Gasteiger partial charge in [-0.25, -0.2) is 8.78 Å². The SMILES string of the molecule is CCC(NCC(C)C)C(O)c1cc(F)ccc1F. The van der Waals surface area contributed by atoms with Crippen LogP contribution in [0.5, 0.6) is 0 Å². The van der Waals surface area contributed by atoms with Crippen molar-refractivity contribution in [3.63, 3.8) is 0 Å². The molecular weight excluding hydrogens is 236 g/mol. The third-order valence-electron chi connectivity index (χ3n) is 2.89. The first-order valence-electron chi connectivity index (χ1n) is 6.32. The molecule has 1 aromatic carbocycles. The number of nitrogens with one attached hydrogen (secondary N) is 1. The molecule has 0 fully saturated rings. The Morgan fingerprint density at radius 3 is 2.50 bits per heavy atom. The molecule has 0 aliphatic carbocycles. The molecule has 0 saturated carbocycles. The van der Waals surface area contributed by atoms with Crippen LogP contribution in [0, 0.1) is 17.6 Å². The van der Waals surface area contributed by atoms with Crippen LogP contribution in [0.2, 0.25) is 0 Å². The zero-order valence-corrected chi connectivity index (χ0v) is 11.1. The van der Waals surface area contributed by atoms with Crippen molar-refractivity contribution < 1.29 is 13.9 Å². The van der Waals surface area contributed by atoms with Crippen LogP contribution in [0.1, 0.15) is 38.9 Å². The lowest BCUT2D eigenvalue weighted by molar-refractivity contribution is 0.120. The smallest absolute Gasteiger partial charge is 0.129 e. The van der Waals surface area contributed by atoms with E-state index in [2.05, 4.69) is 19.2 Å². The Morgan fingerprint density at radius 1 is 1.28 bits per heavy atom. The average molecular weight is 257 g/mol. The lowest BCUT2D eigenvalue weighted by atomic mass is 9.99. The Balaban J connectivity index is 2.82. The third kappa shape index (κ3) is 4.03. The van der Waals surface area contributed by atoms with Crippen molar-refractivity contribution in [3.05, 3.63) is 35.4 Å². The number of hydrogen-bond donors (Lipinski definition) is 2. The van der Waals surface area contributed by atoms with Crippen molar-refractivity contribution in [2.75, 3.05) is 6.54 Å². The molecule has 0 heterocycles. The summed E-state index contributed by atoms with van der Waals surface area (Å²) in [5.41, 5.74) is 0.0121. The second kappa shape index (κ2) is 6.81. The molecule has 2 nitrogen and oxygen atoms in total. The highest BCUT2D eigenvalue weighted by atomic mass is 19.1. The van der Waals surface area contributed by atoms with Crippen LogP contribution in [0.25, 0.3) is 0 Å². The maximum atomic E-state index is 13.6. The van der Waals surface area contributed by atoms with Gasteiger partial charge in [0.2, 0.25) is 0 Å². The Hall–Kier alpha value is -1.00.